The second kappa shape index (κ2) is 5.08. The highest BCUT2D eigenvalue weighted by Gasteiger charge is 2.11. The van der Waals surface area contributed by atoms with Crippen molar-refractivity contribution >= 4 is 5.69 Å². The third-order valence-corrected chi connectivity index (χ3v) is 2.87. The van der Waals surface area contributed by atoms with Gasteiger partial charge in [-0.2, -0.15) is 0 Å². The molecule has 1 aromatic carbocycles. The molecule has 2 rings (SSSR count). The maximum absolute atomic E-state index is 5.92. The number of anilines is 1. The molecule has 2 aromatic rings. The summed E-state index contributed by atoms with van der Waals surface area (Å²) in [6.07, 6.45) is 1.04. The minimum atomic E-state index is 0.610. The number of aryl methyl sites for hydroxylation is 1. The number of aromatic nitrogens is 3. The molecule has 0 fully saturated rings. The lowest BCUT2D eigenvalue weighted by atomic mass is 10.1. The number of rotatable bonds is 4. The summed E-state index contributed by atoms with van der Waals surface area (Å²) in [5, 5.41) is 8.34. The summed E-state index contributed by atoms with van der Waals surface area (Å²) in [6.45, 7) is 4.99. The van der Waals surface area contributed by atoms with Gasteiger partial charge in [0.25, 0.3) is 0 Å². The molecular formula is C13H18N4O. The van der Waals surface area contributed by atoms with E-state index in [4.69, 9.17) is 10.5 Å². The summed E-state index contributed by atoms with van der Waals surface area (Å²) in [5.74, 6) is 2.45. The van der Waals surface area contributed by atoms with E-state index in [9.17, 15) is 0 Å². The summed E-state index contributed by atoms with van der Waals surface area (Å²) >= 11 is 0. The van der Waals surface area contributed by atoms with Crippen molar-refractivity contribution in [2.24, 2.45) is 0 Å². The Kier molecular flexibility index (Phi) is 3.50. The van der Waals surface area contributed by atoms with E-state index in [1.807, 2.05) is 25.1 Å². The molecule has 0 amide bonds. The first-order chi connectivity index (χ1) is 8.67. The number of ether oxygens (including phenoxy) is 1. The van der Waals surface area contributed by atoms with Gasteiger partial charge >= 0.3 is 0 Å². The monoisotopic (exact) mass is 246 g/mol. The number of hydrogen-bond donors (Lipinski definition) is 1. The maximum Gasteiger partial charge on any atom is 0.164 e. The van der Waals surface area contributed by atoms with Crippen LogP contribution in [0.1, 0.15) is 19.2 Å². The second-order valence-corrected chi connectivity index (χ2v) is 4.18. The van der Waals surface area contributed by atoms with E-state index in [1.54, 1.807) is 7.11 Å². The van der Waals surface area contributed by atoms with Crippen LogP contribution in [-0.4, -0.2) is 21.9 Å². The number of hydrogen-bond acceptors (Lipinski definition) is 4. The molecule has 0 atom stereocenters. The highest BCUT2D eigenvalue weighted by molar-refractivity contribution is 5.66. The maximum atomic E-state index is 5.92. The van der Waals surface area contributed by atoms with Crippen LogP contribution in [0.25, 0.3) is 11.4 Å². The molecule has 0 saturated heterocycles. The Bertz CT molecular complexity index is 548. The van der Waals surface area contributed by atoms with Crippen LogP contribution in [0.4, 0.5) is 5.69 Å². The number of methoxy groups -OCH3 is 1. The van der Waals surface area contributed by atoms with Crippen molar-refractivity contribution in [3.63, 3.8) is 0 Å². The first kappa shape index (κ1) is 12.4. The Morgan fingerprint density at radius 1 is 1.33 bits per heavy atom. The standard InChI is InChI=1S/C13H18N4O/c1-4-7-17-9(2)15-16-13(17)10-5-6-12(18-3)11(14)8-10/h5-6,8H,4,7,14H2,1-3H3. The molecule has 0 aliphatic heterocycles. The lowest BCUT2D eigenvalue weighted by Crippen LogP contribution is -2.02. The molecular weight excluding hydrogens is 228 g/mol. The van der Waals surface area contributed by atoms with Crippen molar-refractivity contribution in [2.45, 2.75) is 26.8 Å². The Hall–Kier alpha value is -2.04. The lowest BCUT2D eigenvalue weighted by Gasteiger charge is -2.09. The van der Waals surface area contributed by atoms with Gasteiger partial charge in [-0.25, -0.2) is 0 Å². The van der Waals surface area contributed by atoms with Crippen LogP contribution in [-0.2, 0) is 6.54 Å². The largest absolute Gasteiger partial charge is 0.495 e. The van der Waals surface area contributed by atoms with Gasteiger partial charge in [-0.3, -0.25) is 0 Å². The summed E-state index contributed by atoms with van der Waals surface area (Å²) < 4.78 is 7.25. The van der Waals surface area contributed by atoms with Crippen LogP contribution >= 0.6 is 0 Å². The van der Waals surface area contributed by atoms with Crippen molar-refractivity contribution < 1.29 is 4.74 Å². The van der Waals surface area contributed by atoms with Crippen molar-refractivity contribution in [3.05, 3.63) is 24.0 Å². The number of nitrogens with zero attached hydrogens (tertiary/aromatic N) is 3. The van der Waals surface area contributed by atoms with E-state index in [2.05, 4.69) is 21.7 Å². The summed E-state index contributed by atoms with van der Waals surface area (Å²) in [7, 11) is 1.61. The Balaban J connectivity index is 2.45. The van der Waals surface area contributed by atoms with Crippen LogP contribution in [0, 0.1) is 6.92 Å². The van der Waals surface area contributed by atoms with Crippen LogP contribution in [0.3, 0.4) is 0 Å². The third kappa shape index (κ3) is 2.16. The van der Waals surface area contributed by atoms with Crippen molar-refractivity contribution in [1.29, 1.82) is 0 Å². The smallest absolute Gasteiger partial charge is 0.164 e. The molecule has 5 heteroatoms. The highest BCUT2D eigenvalue weighted by atomic mass is 16.5. The van der Waals surface area contributed by atoms with Crippen LogP contribution in [0.2, 0.25) is 0 Å². The minimum Gasteiger partial charge on any atom is -0.495 e. The van der Waals surface area contributed by atoms with Gasteiger partial charge < -0.3 is 15.0 Å². The van der Waals surface area contributed by atoms with Crippen LogP contribution in [0.5, 0.6) is 5.75 Å². The molecule has 0 radical (unpaired) electrons. The predicted molar refractivity (Wildman–Crippen MR) is 71.5 cm³/mol. The molecule has 2 N–H and O–H groups in total. The highest BCUT2D eigenvalue weighted by Crippen LogP contribution is 2.27. The van der Waals surface area contributed by atoms with E-state index in [-0.39, 0.29) is 0 Å². The molecule has 0 aliphatic rings. The molecule has 96 valence electrons. The SMILES string of the molecule is CCCn1c(C)nnc1-c1ccc(OC)c(N)c1. The van der Waals surface area contributed by atoms with Crippen molar-refractivity contribution in [2.75, 3.05) is 12.8 Å². The van der Waals surface area contributed by atoms with E-state index < -0.39 is 0 Å². The number of benzene rings is 1. The fraction of sp³-hybridized carbons (Fsp3) is 0.385. The zero-order valence-electron chi connectivity index (χ0n) is 11.0. The van der Waals surface area contributed by atoms with Gasteiger partial charge in [-0.1, -0.05) is 6.92 Å². The Morgan fingerprint density at radius 3 is 2.72 bits per heavy atom. The molecule has 18 heavy (non-hydrogen) atoms. The minimum absolute atomic E-state index is 0.610. The van der Waals surface area contributed by atoms with Gasteiger partial charge in [0.05, 0.1) is 12.8 Å². The average molecular weight is 246 g/mol. The lowest BCUT2D eigenvalue weighted by molar-refractivity contribution is 0.417. The summed E-state index contributed by atoms with van der Waals surface area (Å²) in [4.78, 5) is 0. The van der Waals surface area contributed by atoms with Crippen LogP contribution in [0.15, 0.2) is 18.2 Å². The van der Waals surface area contributed by atoms with Gasteiger partial charge in [0.1, 0.15) is 11.6 Å². The van der Waals surface area contributed by atoms with Crippen molar-refractivity contribution in [3.8, 4) is 17.1 Å². The second-order valence-electron chi connectivity index (χ2n) is 4.18. The van der Waals surface area contributed by atoms with Gasteiger partial charge in [0, 0.05) is 12.1 Å². The molecule has 0 unspecified atom stereocenters. The van der Waals surface area contributed by atoms with E-state index in [0.29, 0.717) is 11.4 Å². The van der Waals surface area contributed by atoms with E-state index in [0.717, 1.165) is 30.2 Å². The summed E-state index contributed by atoms with van der Waals surface area (Å²) in [6, 6.07) is 5.67. The van der Waals surface area contributed by atoms with Gasteiger partial charge in [-0.05, 0) is 31.5 Å². The first-order valence-electron chi connectivity index (χ1n) is 6.01. The fourth-order valence-corrected chi connectivity index (χ4v) is 1.96. The normalized spacial score (nSPS) is 10.6. The quantitative estimate of drug-likeness (QED) is 0.840. The summed E-state index contributed by atoms with van der Waals surface area (Å²) in [5.41, 5.74) is 7.49. The molecule has 5 nitrogen and oxygen atoms in total. The molecule has 0 saturated carbocycles. The molecule has 0 aliphatic carbocycles. The average Bonchev–Trinajstić information content (AvgIpc) is 2.72. The fourth-order valence-electron chi connectivity index (χ4n) is 1.96. The number of nitrogens with two attached hydrogens (primary N) is 1. The topological polar surface area (TPSA) is 66.0 Å². The Morgan fingerprint density at radius 2 is 2.11 bits per heavy atom. The van der Waals surface area contributed by atoms with E-state index >= 15 is 0 Å². The van der Waals surface area contributed by atoms with Gasteiger partial charge in [0.2, 0.25) is 0 Å². The molecule has 1 heterocycles. The molecule has 0 bridgehead atoms. The predicted octanol–water partition coefficient (Wildman–Crippen LogP) is 2.25. The van der Waals surface area contributed by atoms with Gasteiger partial charge in [-0.15, -0.1) is 10.2 Å². The molecule has 0 spiro atoms. The third-order valence-electron chi connectivity index (χ3n) is 2.87. The Labute approximate surface area is 107 Å². The number of nitrogen functional groups attached to an aromatic ring is 1. The molecule has 1 aromatic heterocycles. The first-order valence-corrected chi connectivity index (χ1v) is 6.01. The van der Waals surface area contributed by atoms with Gasteiger partial charge in [0.15, 0.2) is 5.82 Å². The zero-order chi connectivity index (χ0) is 13.1. The van der Waals surface area contributed by atoms with Crippen LogP contribution < -0.4 is 10.5 Å². The van der Waals surface area contributed by atoms with E-state index in [1.165, 1.54) is 0 Å². The zero-order valence-corrected chi connectivity index (χ0v) is 11.0. The van der Waals surface area contributed by atoms with Crippen molar-refractivity contribution in [1.82, 2.24) is 14.8 Å².